The van der Waals surface area contributed by atoms with Gasteiger partial charge in [0.05, 0.1) is 0 Å². The van der Waals surface area contributed by atoms with Crippen molar-refractivity contribution in [3.05, 3.63) is 35.4 Å². The quantitative estimate of drug-likeness (QED) is 0.382. The highest BCUT2D eigenvalue weighted by Crippen LogP contribution is 2.22. The summed E-state index contributed by atoms with van der Waals surface area (Å²) in [5.41, 5.74) is 2.96. The van der Waals surface area contributed by atoms with Crippen molar-refractivity contribution in [1.82, 2.24) is 10.8 Å². The van der Waals surface area contributed by atoms with Crippen LogP contribution in [-0.2, 0) is 27.3 Å². The summed E-state index contributed by atoms with van der Waals surface area (Å²) in [6.45, 7) is 4.24. The molecule has 0 unspecified atom stereocenters. The van der Waals surface area contributed by atoms with Gasteiger partial charge in [-0.15, -0.1) is 0 Å². The number of hydroxylamine groups is 1. The van der Waals surface area contributed by atoms with E-state index in [1.54, 1.807) is 5.48 Å². The van der Waals surface area contributed by atoms with Gasteiger partial charge in [-0.2, -0.15) is 0 Å². The van der Waals surface area contributed by atoms with Gasteiger partial charge in [-0.05, 0) is 57.1 Å². The highest BCUT2D eigenvalue weighted by molar-refractivity contribution is 5.80. The van der Waals surface area contributed by atoms with Crippen LogP contribution < -0.4 is 10.8 Å². The van der Waals surface area contributed by atoms with E-state index in [1.165, 1.54) is 0 Å². The molecular weight excluding hydrogens is 320 g/mol. The molecule has 3 N–H and O–H groups in total. The van der Waals surface area contributed by atoms with Crippen LogP contribution in [0.25, 0.3) is 0 Å². The lowest BCUT2D eigenvalue weighted by Crippen LogP contribution is -2.48. The van der Waals surface area contributed by atoms with E-state index in [0.29, 0.717) is 13.0 Å². The largest absolute Gasteiger partial charge is 0.461 e. The summed E-state index contributed by atoms with van der Waals surface area (Å²) in [6.07, 6.45) is 5.10. The molecule has 0 saturated heterocycles. The van der Waals surface area contributed by atoms with E-state index in [1.807, 2.05) is 38.1 Å². The molecule has 2 rings (SSSR count). The summed E-state index contributed by atoms with van der Waals surface area (Å²) >= 11 is 0. The van der Waals surface area contributed by atoms with Gasteiger partial charge in [0.15, 0.2) is 0 Å². The summed E-state index contributed by atoms with van der Waals surface area (Å²) in [6, 6.07) is 7.84. The van der Waals surface area contributed by atoms with Crippen molar-refractivity contribution in [2.75, 3.05) is 0 Å². The third kappa shape index (κ3) is 6.14. The van der Waals surface area contributed by atoms with Crippen LogP contribution in [0.1, 0.15) is 57.1 Å². The van der Waals surface area contributed by atoms with E-state index in [-0.39, 0.29) is 18.5 Å². The first-order valence-corrected chi connectivity index (χ1v) is 8.87. The number of benzene rings is 1. The normalized spacial score (nSPS) is 15.2. The smallest absolute Gasteiger partial charge is 0.326 e. The van der Waals surface area contributed by atoms with E-state index in [4.69, 9.17) is 9.94 Å². The molecule has 1 amide bonds. The van der Waals surface area contributed by atoms with Crippen molar-refractivity contribution in [3.8, 4) is 0 Å². The number of ether oxygens (including phenoxy) is 1. The van der Waals surface area contributed by atoms with Crippen molar-refractivity contribution in [2.45, 2.75) is 70.6 Å². The number of nitrogens with one attached hydrogen (secondary N) is 2. The van der Waals surface area contributed by atoms with Crippen LogP contribution in [0.4, 0.5) is 0 Å². The van der Waals surface area contributed by atoms with Crippen LogP contribution in [0.5, 0.6) is 0 Å². The lowest BCUT2D eigenvalue weighted by Gasteiger charge is -2.26. The topological polar surface area (TPSA) is 87.7 Å². The van der Waals surface area contributed by atoms with Gasteiger partial charge in [0.25, 0.3) is 0 Å². The number of amides is 1. The Hall–Kier alpha value is -1.92. The predicted octanol–water partition coefficient (Wildman–Crippen LogP) is 2.48. The molecule has 0 atom stereocenters. The van der Waals surface area contributed by atoms with E-state index in [0.717, 1.165) is 36.8 Å². The second kappa shape index (κ2) is 8.97. The third-order valence-electron chi connectivity index (χ3n) is 4.61. The lowest BCUT2D eigenvalue weighted by molar-refractivity contribution is -0.155. The minimum Gasteiger partial charge on any atom is -0.461 e. The molecular formula is C19H28N2O4. The van der Waals surface area contributed by atoms with Crippen molar-refractivity contribution in [2.24, 2.45) is 0 Å². The Morgan fingerprint density at radius 3 is 2.36 bits per heavy atom. The number of carbonyl (C=O) groups is 2. The summed E-state index contributed by atoms with van der Waals surface area (Å²) in [7, 11) is 0. The number of hydrogen-bond acceptors (Lipinski definition) is 5. The van der Waals surface area contributed by atoms with E-state index < -0.39 is 11.4 Å². The molecule has 1 aliphatic rings. The summed E-state index contributed by atoms with van der Waals surface area (Å²) in [5.74, 6) is -0.598. The Morgan fingerprint density at radius 2 is 1.76 bits per heavy atom. The highest BCUT2D eigenvalue weighted by atomic mass is 16.5. The third-order valence-corrected chi connectivity index (χ3v) is 4.61. The predicted molar refractivity (Wildman–Crippen MR) is 94.0 cm³/mol. The molecule has 138 valence electrons. The van der Waals surface area contributed by atoms with Gasteiger partial charge < -0.3 is 4.74 Å². The molecule has 0 radical (unpaired) electrons. The zero-order valence-electron chi connectivity index (χ0n) is 15.0. The van der Waals surface area contributed by atoms with Gasteiger partial charge in [-0.25, -0.2) is 5.48 Å². The van der Waals surface area contributed by atoms with Gasteiger partial charge >= 0.3 is 5.97 Å². The van der Waals surface area contributed by atoms with E-state index in [9.17, 15) is 9.59 Å². The second-order valence-corrected chi connectivity index (χ2v) is 7.14. The Labute approximate surface area is 148 Å². The van der Waals surface area contributed by atoms with Gasteiger partial charge in [0.1, 0.15) is 11.6 Å². The van der Waals surface area contributed by atoms with Gasteiger partial charge in [0.2, 0.25) is 5.91 Å². The van der Waals surface area contributed by atoms with Crippen LogP contribution in [0.3, 0.4) is 0 Å². The molecule has 1 aromatic rings. The molecule has 1 fully saturated rings. The Morgan fingerprint density at radius 1 is 1.16 bits per heavy atom. The number of rotatable bonds is 8. The monoisotopic (exact) mass is 348 g/mol. The molecule has 0 bridgehead atoms. The zero-order valence-corrected chi connectivity index (χ0v) is 15.0. The molecule has 6 heteroatoms. The standard InChI is InChI=1S/C19H28N2O4/c1-19(2,18(23)25-16-5-3-4-6-16)20-13-15-9-7-14(8-10-15)11-12-17(22)21-24/h7-10,16,20,24H,3-6,11-13H2,1-2H3,(H,21,22). The molecule has 0 spiro atoms. The molecule has 0 aliphatic heterocycles. The molecule has 0 aromatic heterocycles. The summed E-state index contributed by atoms with van der Waals surface area (Å²) < 4.78 is 5.59. The SMILES string of the molecule is CC(C)(NCc1ccc(CCC(=O)NO)cc1)C(=O)OC1CCCC1. The molecule has 1 saturated carbocycles. The maximum absolute atomic E-state index is 12.3. The lowest BCUT2D eigenvalue weighted by atomic mass is 10.0. The number of aryl methyl sites for hydroxylation is 1. The Balaban J connectivity index is 1.80. The Kier molecular flexibility index (Phi) is 6.96. The van der Waals surface area contributed by atoms with Gasteiger partial charge in [0, 0.05) is 13.0 Å². The first-order chi connectivity index (χ1) is 11.9. The highest BCUT2D eigenvalue weighted by Gasteiger charge is 2.31. The maximum atomic E-state index is 12.3. The van der Waals surface area contributed by atoms with Crippen LogP contribution >= 0.6 is 0 Å². The number of hydrogen-bond donors (Lipinski definition) is 3. The fourth-order valence-corrected chi connectivity index (χ4v) is 2.84. The van der Waals surface area contributed by atoms with Crippen molar-refractivity contribution >= 4 is 11.9 Å². The zero-order chi connectivity index (χ0) is 18.3. The molecule has 1 aliphatic carbocycles. The van der Waals surface area contributed by atoms with Crippen LogP contribution in [0, 0.1) is 0 Å². The second-order valence-electron chi connectivity index (χ2n) is 7.14. The van der Waals surface area contributed by atoms with Crippen LogP contribution in [-0.4, -0.2) is 28.7 Å². The van der Waals surface area contributed by atoms with Crippen molar-refractivity contribution in [1.29, 1.82) is 0 Å². The first-order valence-electron chi connectivity index (χ1n) is 8.87. The summed E-state index contributed by atoms with van der Waals surface area (Å²) in [5, 5.41) is 11.7. The van der Waals surface area contributed by atoms with Gasteiger partial charge in [-0.1, -0.05) is 24.3 Å². The maximum Gasteiger partial charge on any atom is 0.326 e. The average Bonchev–Trinajstić information content (AvgIpc) is 3.11. The number of carbonyl (C=O) groups excluding carboxylic acids is 2. The molecule has 25 heavy (non-hydrogen) atoms. The van der Waals surface area contributed by atoms with Crippen molar-refractivity contribution < 1.29 is 19.5 Å². The summed E-state index contributed by atoms with van der Waals surface area (Å²) in [4.78, 5) is 23.4. The molecule has 0 heterocycles. The fourth-order valence-electron chi connectivity index (χ4n) is 2.84. The average molecular weight is 348 g/mol. The minimum absolute atomic E-state index is 0.0731. The van der Waals surface area contributed by atoms with E-state index >= 15 is 0 Å². The van der Waals surface area contributed by atoms with Gasteiger partial charge in [-0.3, -0.25) is 20.1 Å². The molecule has 6 nitrogen and oxygen atoms in total. The first kappa shape index (κ1) is 19.4. The van der Waals surface area contributed by atoms with Crippen LogP contribution in [0.2, 0.25) is 0 Å². The number of esters is 1. The van der Waals surface area contributed by atoms with E-state index in [2.05, 4.69) is 5.32 Å². The fraction of sp³-hybridized carbons (Fsp3) is 0.579. The Bertz CT molecular complexity index is 578. The minimum atomic E-state index is -0.736. The van der Waals surface area contributed by atoms with Crippen molar-refractivity contribution in [3.63, 3.8) is 0 Å². The van der Waals surface area contributed by atoms with Crippen LogP contribution in [0.15, 0.2) is 24.3 Å². The molecule has 1 aromatic carbocycles.